The smallest absolute Gasteiger partial charge is 0.269 e. The van der Waals surface area contributed by atoms with Crippen LogP contribution in [-0.2, 0) is 14.6 Å². The van der Waals surface area contributed by atoms with E-state index >= 15 is 0 Å². The Balaban J connectivity index is 1.93. The van der Waals surface area contributed by atoms with E-state index in [4.69, 9.17) is 9.47 Å². The number of hydrogen-bond acceptors (Lipinski definition) is 6. The van der Waals surface area contributed by atoms with Gasteiger partial charge in [0.15, 0.2) is 21.3 Å². The van der Waals surface area contributed by atoms with Crippen molar-refractivity contribution < 1.29 is 27.5 Å². The van der Waals surface area contributed by atoms with Gasteiger partial charge in [0, 0.05) is 5.56 Å². The van der Waals surface area contributed by atoms with Gasteiger partial charge in [-0.15, -0.1) is 0 Å². The van der Waals surface area contributed by atoms with Gasteiger partial charge in [0.2, 0.25) is 5.91 Å². The predicted octanol–water partition coefficient (Wildman–Crippen LogP) is 1.07. The first-order chi connectivity index (χ1) is 12.4. The fraction of sp³-hybridized carbons (Fsp3) is 0.529. The Kier molecular flexibility index (Phi) is 6.84. The van der Waals surface area contributed by atoms with Crippen LogP contribution >= 0.6 is 0 Å². The molecule has 2 N–H and O–H groups in total. The highest BCUT2D eigenvalue weighted by molar-refractivity contribution is 7.91. The van der Waals surface area contributed by atoms with Crippen LogP contribution in [0.2, 0.25) is 0 Å². The zero-order chi connectivity index (χ0) is 19.2. The van der Waals surface area contributed by atoms with E-state index in [0.29, 0.717) is 18.1 Å². The van der Waals surface area contributed by atoms with E-state index in [1.807, 2.05) is 0 Å². The lowest BCUT2D eigenvalue weighted by atomic mass is 10.1. The molecule has 1 aromatic carbocycles. The van der Waals surface area contributed by atoms with Crippen molar-refractivity contribution in [2.75, 3.05) is 25.2 Å². The molecule has 9 heteroatoms. The van der Waals surface area contributed by atoms with E-state index in [-0.39, 0.29) is 23.5 Å². The second-order valence-corrected chi connectivity index (χ2v) is 8.34. The lowest BCUT2D eigenvalue weighted by Gasteiger charge is -2.13. The molecule has 2 amide bonds. The second kappa shape index (κ2) is 8.88. The van der Waals surface area contributed by atoms with Gasteiger partial charge < -0.3 is 9.47 Å². The summed E-state index contributed by atoms with van der Waals surface area (Å²) in [5.41, 5.74) is 4.86. The molecule has 1 aliphatic rings. The van der Waals surface area contributed by atoms with Crippen molar-refractivity contribution in [1.29, 1.82) is 0 Å². The molecule has 1 aliphatic heterocycles. The number of benzene rings is 1. The van der Waals surface area contributed by atoms with Crippen LogP contribution in [-0.4, -0.2) is 45.5 Å². The molecule has 26 heavy (non-hydrogen) atoms. The van der Waals surface area contributed by atoms with Crippen molar-refractivity contribution >= 4 is 21.7 Å². The molecule has 1 aromatic rings. The summed E-state index contributed by atoms with van der Waals surface area (Å²) in [5.74, 6) is -0.908. The topological polar surface area (TPSA) is 111 Å². The van der Waals surface area contributed by atoms with Crippen molar-refractivity contribution in [3.05, 3.63) is 23.8 Å². The van der Waals surface area contributed by atoms with E-state index in [1.54, 1.807) is 12.1 Å². The van der Waals surface area contributed by atoms with Crippen LogP contribution in [0.15, 0.2) is 18.2 Å². The molecule has 8 nitrogen and oxygen atoms in total. The molecule has 1 heterocycles. The number of ether oxygens (including phenoxy) is 2. The Morgan fingerprint density at radius 3 is 2.62 bits per heavy atom. The van der Waals surface area contributed by atoms with Gasteiger partial charge in [-0.2, -0.15) is 0 Å². The molecular weight excluding hydrogens is 360 g/mol. The van der Waals surface area contributed by atoms with Crippen LogP contribution in [0.1, 0.15) is 36.5 Å². The monoisotopic (exact) mass is 384 g/mol. The number of methoxy groups -OCH3 is 1. The van der Waals surface area contributed by atoms with Crippen molar-refractivity contribution in [3.63, 3.8) is 0 Å². The summed E-state index contributed by atoms with van der Waals surface area (Å²) in [6.45, 7) is 2.61. The maximum absolute atomic E-state index is 12.2. The third-order valence-corrected chi connectivity index (χ3v) is 5.85. The minimum absolute atomic E-state index is 0.00424. The standard InChI is InChI=1S/C17H24N2O6S/c1-3-4-8-25-14-6-5-12(10-15(14)24-2)16(20)18-19-17(21)13-7-9-26(22,23)11-13/h5-6,10,13H,3-4,7-9,11H2,1-2H3,(H,18,20)(H,19,21)/t13-/m1/s1. The van der Waals surface area contributed by atoms with Crippen molar-refractivity contribution in [3.8, 4) is 11.5 Å². The third kappa shape index (κ3) is 5.35. The lowest BCUT2D eigenvalue weighted by Crippen LogP contribution is -2.44. The first-order valence-electron chi connectivity index (χ1n) is 8.47. The largest absolute Gasteiger partial charge is 0.493 e. The summed E-state index contributed by atoms with van der Waals surface area (Å²) in [7, 11) is -1.68. The molecule has 144 valence electrons. The fourth-order valence-corrected chi connectivity index (χ4v) is 4.29. The first-order valence-corrected chi connectivity index (χ1v) is 10.3. The van der Waals surface area contributed by atoms with Gasteiger partial charge in [0.05, 0.1) is 31.1 Å². The Hall–Kier alpha value is -2.29. The van der Waals surface area contributed by atoms with Gasteiger partial charge in [-0.3, -0.25) is 20.4 Å². The fourth-order valence-electron chi connectivity index (χ4n) is 2.55. The summed E-state index contributed by atoms with van der Waals surface area (Å²) in [4.78, 5) is 24.1. The quantitative estimate of drug-likeness (QED) is 0.537. The number of nitrogens with one attached hydrogen (secondary N) is 2. The predicted molar refractivity (Wildman–Crippen MR) is 95.8 cm³/mol. The molecule has 0 aliphatic carbocycles. The molecule has 0 radical (unpaired) electrons. The van der Waals surface area contributed by atoms with Gasteiger partial charge in [-0.25, -0.2) is 8.42 Å². The van der Waals surface area contributed by atoms with Crippen molar-refractivity contribution in [2.45, 2.75) is 26.2 Å². The van der Waals surface area contributed by atoms with E-state index in [9.17, 15) is 18.0 Å². The number of amides is 2. The number of sulfone groups is 1. The zero-order valence-corrected chi connectivity index (χ0v) is 15.7. The number of carbonyl (C=O) groups excluding carboxylic acids is 2. The molecule has 0 aromatic heterocycles. The molecule has 0 bridgehead atoms. The Morgan fingerprint density at radius 1 is 1.23 bits per heavy atom. The molecule has 1 fully saturated rings. The average Bonchev–Trinajstić information content (AvgIpc) is 2.99. The van der Waals surface area contributed by atoms with Crippen LogP contribution in [0, 0.1) is 5.92 Å². The van der Waals surface area contributed by atoms with Gasteiger partial charge in [-0.1, -0.05) is 13.3 Å². The number of hydrogen-bond donors (Lipinski definition) is 2. The second-order valence-electron chi connectivity index (χ2n) is 6.11. The van der Waals surface area contributed by atoms with Crippen LogP contribution in [0.25, 0.3) is 0 Å². The van der Waals surface area contributed by atoms with Gasteiger partial charge in [0.1, 0.15) is 0 Å². The zero-order valence-electron chi connectivity index (χ0n) is 14.9. The molecule has 1 atom stereocenters. The highest BCUT2D eigenvalue weighted by atomic mass is 32.2. The minimum atomic E-state index is -3.16. The number of hydrazine groups is 1. The summed E-state index contributed by atoms with van der Waals surface area (Å²) in [6, 6.07) is 4.71. The van der Waals surface area contributed by atoms with E-state index < -0.39 is 27.6 Å². The van der Waals surface area contributed by atoms with Crippen LogP contribution < -0.4 is 20.3 Å². The van der Waals surface area contributed by atoms with E-state index in [2.05, 4.69) is 17.8 Å². The third-order valence-electron chi connectivity index (χ3n) is 4.08. The first kappa shape index (κ1) is 20.0. The van der Waals surface area contributed by atoms with Crippen molar-refractivity contribution in [1.82, 2.24) is 10.9 Å². The summed E-state index contributed by atoms with van der Waals surface area (Å²) in [6.07, 6.45) is 2.18. The Morgan fingerprint density at radius 2 is 2.00 bits per heavy atom. The van der Waals surface area contributed by atoms with Gasteiger partial charge in [-0.05, 0) is 31.0 Å². The molecule has 0 saturated carbocycles. The number of carbonyl (C=O) groups is 2. The summed E-state index contributed by atoms with van der Waals surface area (Å²) >= 11 is 0. The highest BCUT2D eigenvalue weighted by Gasteiger charge is 2.33. The maximum Gasteiger partial charge on any atom is 0.269 e. The highest BCUT2D eigenvalue weighted by Crippen LogP contribution is 2.28. The molecule has 0 unspecified atom stereocenters. The Bertz CT molecular complexity index is 763. The molecular formula is C17H24N2O6S. The maximum atomic E-state index is 12.2. The van der Waals surface area contributed by atoms with E-state index in [0.717, 1.165) is 12.8 Å². The van der Waals surface area contributed by atoms with Crippen molar-refractivity contribution in [2.24, 2.45) is 5.92 Å². The minimum Gasteiger partial charge on any atom is -0.493 e. The van der Waals surface area contributed by atoms with Crippen LogP contribution in [0.5, 0.6) is 11.5 Å². The molecule has 0 spiro atoms. The lowest BCUT2D eigenvalue weighted by molar-refractivity contribution is -0.125. The molecule has 1 saturated heterocycles. The Labute approximate surface area is 153 Å². The normalized spacial score (nSPS) is 18.2. The van der Waals surface area contributed by atoms with Crippen LogP contribution in [0.4, 0.5) is 0 Å². The summed E-state index contributed by atoms with van der Waals surface area (Å²) in [5, 5.41) is 0. The SMILES string of the molecule is CCCCOc1ccc(C(=O)NNC(=O)[C@@H]2CCS(=O)(=O)C2)cc1OC. The van der Waals surface area contributed by atoms with Gasteiger partial charge >= 0.3 is 0 Å². The van der Waals surface area contributed by atoms with E-state index in [1.165, 1.54) is 13.2 Å². The number of unbranched alkanes of at least 4 members (excludes halogenated alkanes) is 1. The molecule has 2 rings (SSSR count). The van der Waals surface area contributed by atoms with Gasteiger partial charge in [0.25, 0.3) is 5.91 Å². The average molecular weight is 384 g/mol. The van der Waals surface area contributed by atoms with Crippen LogP contribution in [0.3, 0.4) is 0 Å². The summed E-state index contributed by atoms with van der Waals surface area (Å²) < 4.78 is 33.7. The number of rotatable bonds is 7.